The molecule has 1 aliphatic heterocycles. The lowest BCUT2D eigenvalue weighted by atomic mass is 10.0. The third-order valence-electron chi connectivity index (χ3n) is 4.29. The number of urea groups is 1. The van der Waals surface area contributed by atoms with Crippen molar-refractivity contribution in [2.45, 2.75) is 19.9 Å². The number of rotatable bonds is 4. The number of amides is 2. The van der Waals surface area contributed by atoms with Gasteiger partial charge in [0.25, 0.3) is 0 Å². The molecule has 3 N–H and O–H groups in total. The number of aromatic nitrogens is 2. The van der Waals surface area contributed by atoms with Crippen LogP contribution in [0.4, 0.5) is 10.5 Å². The molecule has 1 unspecified atom stereocenters. The van der Waals surface area contributed by atoms with Crippen LogP contribution in [-0.2, 0) is 0 Å². The lowest BCUT2D eigenvalue weighted by Crippen LogP contribution is -2.35. The third-order valence-corrected chi connectivity index (χ3v) is 4.29. The number of imidazole rings is 1. The van der Waals surface area contributed by atoms with Gasteiger partial charge in [0, 0.05) is 11.8 Å². The van der Waals surface area contributed by atoms with E-state index in [0.29, 0.717) is 17.2 Å². The maximum atomic E-state index is 12.5. The van der Waals surface area contributed by atoms with Gasteiger partial charge in [0.1, 0.15) is 5.82 Å². The Balaban J connectivity index is 1.50. The standard InChI is InChI=1S/C19H20N4O3/c1-11(2)17(18-21-13-5-3-4-6-14(13)22-18)23-19(24)20-12-7-8-15-16(9-12)26-10-25-15/h3-9,11,17H,10H2,1-2H3,(H,21,22)(H2,20,23,24). The van der Waals surface area contributed by atoms with E-state index in [2.05, 4.69) is 20.6 Å². The van der Waals surface area contributed by atoms with Gasteiger partial charge in [-0.15, -0.1) is 0 Å². The molecule has 3 aromatic rings. The Labute approximate surface area is 150 Å². The molecule has 1 aromatic heterocycles. The average molecular weight is 352 g/mol. The number of nitrogens with one attached hydrogen (secondary N) is 3. The minimum Gasteiger partial charge on any atom is -0.454 e. The van der Waals surface area contributed by atoms with Crippen LogP contribution in [-0.4, -0.2) is 22.8 Å². The van der Waals surface area contributed by atoms with Crippen LogP contribution >= 0.6 is 0 Å². The molecule has 0 spiro atoms. The largest absolute Gasteiger partial charge is 0.454 e. The van der Waals surface area contributed by atoms with Crippen molar-refractivity contribution in [2.24, 2.45) is 5.92 Å². The lowest BCUT2D eigenvalue weighted by molar-refractivity contribution is 0.174. The molecule has 26 heavy (non-hydrogen) atoms. The normalized spacial score (nSPS) is 13.8. The highest BCUT2D eigenvalue weighted by molar-refractivity contribution is 5.90. The highest BCUT2D eigenvalue weighted by Crippen LogP contribution is 2.34. The van der Waals surface area contributed by atoms with Gasteiger partial charge in [-0.05, 0) is 30.2 Å². The summed E-state index contributed by atoms with van der Waals surface area (Å²) in [6, 6.07) is 12.6. The van der Waals surface area contributed by atoms with Crippen molar-refractivity contribution in [1.29, 1.82) is 0 Å². The van der Waals surface area contributed by atoms with Gasteiger partial charge in [-0.25, -0.2) is 9.78 Å². The second-order valence-electron chi connectivity index (χ2n) is 6.53. The summed E-state index contributed by atoms with van der Waals surface area (Å²) >= 11 is 0. The molecule has 7 nitrogen and oxygen atoms in total. The number of anilines is 1. The number of carbonyl (C=O) groups is 1. The summed E-state index contributed by atoms with van der Waals surface area (Å²) < 4.78 is 10.6. The van der Waals surface area contributed by atoms with Crippen molar-refractivity contribution in [2.75, 3.05) is 12.1 Å². The first-order valence-electron chi connectivity index (χ1n) is 8.52. The van der Waals surface area contributed by atoms with Crippen molar-refractivity contribution in [1.82, 2.24) is 15.3 Å². The monoisotopic (exact) mass is 352 g/mol. The molecule has 0 fully saturated rings. The van der Waals surface area contributed by atoms with E-state index < -0.39 is 0 Å². The predicted octanol–water partition coefficient (Wildman–Crippen LogP) is 3.81. The van der Waals surface area contributed by atoms with E-state index in [9.17, 15) is 4.79 Å². The van der Waals surface area contributed by atoms with Gasteiger partial charge < -0.3 is 25.1 Å². The van der Waals surface area contributed by atoms with E-state index in [1.165, 1.54) is 0 Å². The number of H-pyrrole nitrogens is 1. The van der Waals surface area contributed by atoms with E-state index in [-0.39, 0.29) is 24.8 Å². The lowest BCUT2D eigenvalue weighted by Gasteiger charge is -2.20. The number of ether oxygens (including phenoxy) is 2. The molecule has 1 atom stereocenters. The van der Waals surface area contributed by atoms with Crippen LogP contribution in [0.1, 0.15) is 25.7 Å². The molecular formula is C19H20N4O3. The van der Waals surface area contributed by atoms with E-state index in [1.54, 1.807) is 18.2 Å². The quantitative estimate of drug-likeness (QED) is 0.666. The number of hydrogen-bond donors (Lipinski definition) is 3. The first kappa shape index (κ1) is 16.3. The molecule has 0 aliphatic carbocycles. The minimum absolute atomic E-state index is 0.165. The van der Waals surface area contributed by atoms with Gasteiger partial charge in [-0.1, -0.05) is 26.0 Å². The highest BCUT2D eigenvalue weighted by atomic mass is 16.7. The van der Waals surface area contributed by atoms with Crippen molar-refractivity contribution >= 4 is 22.8 Å². The molecule has 2 heterocycles. The van der Waals surface area contributed by atoms with Crippen molar-refractivity contribution in [3.63, 3.8) is 0 Å². The Morgan fingerprint density at radius 2 is 1.96 bits per heavy atom. The Hall–Kier alpha value is -3.22. The van der Waals surface area contributed by atoms with Crippen molar-refractivity contribution in [3.8, 4) is 11.5 Å². The Bertz CT molecular complexity index is 918. The number of para-hydroxylation sites is 2. The maximum Gasteiger partial charge on any atom is 0.319 e. The molecule has 1 aliphatic rings. The number of nitrogens with zero attached hydrogens (tertiary/aromatic N) is 1. The summed E-state index contributed by atoms with van der Waals surface area (Å²) in [6.07, 6.45) is 0. The maximum absolute atomic E-state index is 12.5. The fourth-order valence-electron chi connectivity index (χ4n) is 2.95. The van der Waals surface area contributed by atoms with E-state index >= 15 is 0 Å². The summed E-state index contributed by atoms with van der Waals surface area (Å²) in [4.78, 5) is 20.4. The highest BCUT2D eigenvalue weighted by Gasteiger charge is 2.22. The molecule has 4 rings (SSSR count). The van der Waals surface area contributed by atoms with Crippen molar-refractivity contribution < 1.29 is 14.3 Å². The fraction of sp³-hybridized carbons (Fsp3) is 0.263. The van der Waals surface area contributed by atoms with Crippen LogP contribution in [0, 0.1) is 5.92 Å². The van der Waals surface area contributed by atoms with Gasteiger partial charge in [0.05, 0.1) is 17.1 Å². The minimum atomic E-state index is -0.303. The summed E-state index contributed by atoms with van der Waals surface area (Å²) in [5.41, 5.74) is 2.47. The fourth-order valence-corrected chi connectivity index (χ4v) is 2.95. The number of carbonyl (C=O) groups excluding carboxylic acids is 1. The second-order valence-corrected chi connectivity index (χ2v) is 6.53. The first-order chi connectivity index (χ1) is 12.6. The Morgan fingerprint density at radius 3 is 2.77 bits per heavy atom. The summed E-state index contributed by atoms with van der Waals surface area (Å²) in [7, 11) is 0. The number of benzene rings is 2. The molecule has 7 heteroatoms. The Kier molecular flexibility index (Phi) is 4.12. The smallest absolute Gasteiger partial charge is 0.319 e. The number of aromatic amines is 1. The van der Waals surface area contributed by atoms with Crippen LogP contribution in [0.3, 0.4) is 0 Å². The third kappa shape index (κ3) is 3.15. The second kappa shape index (κ2) is 6.59. The molecule has 0 saturated heterocycles. The van der Waals surface area contributed by atoms with Gasteiger partial charge in [0.2, 0.25) is 6.79 Å². The van der Waals surface area contributed by atoms with Crippen LogP contribution in [0.25, 0.3) is 11.0 Å². The molecule has 2 amide bonds. The van der Waals surface area contributed by atoms with Gasteiger partial charge in [0.15, 0.2) is 11.5 Å². The SMILES string of the molecule is CC(C)C(NC(=O)Nc1ccc2c(c1)OCO2)c1nc2ccccc2[nH]1. The van der Waals surface area contributed by atoms with Crippen LogP contribution < -0.4 is 20.1 Å². The Morgan fingerprint density at radius 1 is 1.15 bits per heavy atom. The topological polar surface area (TPSA) is 88.3 Å². The average Bonchev–Trinajstić information content (AvgIpc) is 3.25. The molecule has 0 saturated carbocycles. The predicted molar refractivity (Wildman–Crippen MR) is 98.4 cm³/mol. The zero-order valence-corrected chi connectivity index (χ0v) is 14.6. The number of hydrogen-bond acceptors (Lipinski definition) is 4. The zero-order chi connectivity index (χ0) is 18.1. The number of fused-ring (bicyclic) bond motifs is 2. The van der Waals surface area contributed by atoms with Crippen molar-refractivity contribution in [3.05, 3.63) is 48.3 Å². The van der Waals surface area contributed by atoms with Crippen LogP contribution in [0.2, 0.25) is 0 Å². The van der Waals surface area contributed by atoms with E-state index in [0.717, 1.165) is 16.9 Å². The summed E-state index contributed by atoms with van der Waals surface area (Å²) in [5.74, 6) is 2.21. The summed E-state index contributed by atoms with van der Waals surface area (Å²) in [6.45, 7) is 4.28. The zero-order valence-electron chi connectivity index (χ0n) is 14.6. The van der Waals surface area contributed by atoms with E-state index in [4.69, 9.17) is 9.47 Å². The van der Waals surface area contributed by atoms with Gasteiger partial charge >= 0.3 is 6.03 Å². The van der Waals surface area contributed by atoms with Crippen LogP contribution in [0.5, 0.6) is 11.5 Å². The molecule has 134 valence electrons. The van der Waals surface area contributed by atoms with Crippen LogP contribution in [0.15, 0.2) is 42.5 Å². The molecule has 0 bridgehead atoms. The van der Waals surface area contributed by atoms with E-state index in [1.807, 2.05) is 38.1 Å². The molecular weight excluding hydrogens is 332 g/mol. The summed E-state index contributed by atoms with van der Waals surface area (Å²) in [5, 5.41) is 5.83. The van der Waals surface area contributed by atoms with Gasteiger partial charge in [-0.3, -0.25) is 0 Å². The first-order valence-corrected chi connectivity index (χ1v) is 8.52. The molecule has 0 radical (unpaired) electrons. The van der Waals surface area contributed by atoms with Gasteiger partial charge in [-0.2, -0.15) is 0 Å². The molecule has 2 aromatic carbocycles.